The molecule has 1 aromatic rings. The Balaban J connectivity index is 2.49. The van der Waals surface area contributed by atoms with Crippen LogP contribution >= 0.6 is 0 Å². The van der Waals surface area contributed by atoms with Gasteiger partial charge >= 0.3 is 0 Å². The zero-order chi connectivity index (χ0) is 14.8. The van der Waals surface area contributed by atoms with Gasteiger partial charge in [-0.2, -0.15) is 0 Å². The van der Waals surface area contributed by atoms with E-state index >= 15 is 0 Å². The number of hydrogen-bond acceptors (Lipinski definition) is 3. The van der Waals surface area contributed by atoms with E-state index in [4.69, 9.17) is 0 Å². The normalized spacial score (nSPS) is 11.9. The highest BCUT2D eigenvalue weighted by molar-refractivity contribution is 5.94. The summed E-state index contributed by atoms with van der Waals surface area (Å²) < 4.78 is 0. The fourth-order valence-corrected chi connectivity index (χ4v) is 2.00. The van der Waals surface area contributed by atoms with Gasteiger partial charge in [0.05, 0.1) is 0 Å². The average Bonchev–Trinajstić information content (AvgIpc) is 2.45. The first kappa shape index (κ1) is 16.5. The summed E-state index contributed by atoms with van der Waals surface area (Å²) in [7, 11) is 0. The molecule has 4 heteroatoms. The molecule has 0 aromatic carbocycles. The molecule has 112 valence electrons. The largest absolute Gasteiger partial charge is 0.370 e. The second-order valence-corrected chi connectivity index (χ2v) is 5.23. The number of anilines is 1. The Hall–Kier alpha value is -1.58. The fraction of sp³-hybridized carbons (Fsp3) is 0.625. The summed E-state index contributed by atoms with van der Waals surface area (Å²) in [5.41, 5.74) is 0.668. The van der Waals surface area contributed by atoms with Crippen LogP contribution in [0.3, 0.4) is 0 Å². The Labute approximate surface area is 122 Å². The third-order valence-electron chi connectivity index (χ3n) is 3.20. The van der Waals surface area contributed by atoms with Crippen LogP contribution < -0.4 is 10.6 Å². The molecule has 0 aliphatic heterocycles. The molecule has 0 fully saturated rings. The third-order valence-corrected chi connectivity index (χ3v) is 3.20. The summed E-state index contributed by atoms with van der Waals surface area (Å²) >= 11 is 0. The molecular formula is C16H27N3O. The van der Waals surface area contributed by atoms with Gasteiger partial charge in [0.25, 0.3) is 5.91 Å². The van der Waals surface area contributed by atoms with Gasteiger partial charge in [-0.15, -0.1) is 0 Å². The topological polar surface area (TPSA) is 54.0 Å². The van der Waals surface area contributed by atoms with E-state index in [0.29, 0.717) is 5.56 Å². The lowest BCUT2D eigenvalue weighted by Gasteiger charge is -2.14. The second-order valence-electron chi connectivity index (χ2n) is 5.23. The van der Waals surface area contributed by atoms with Crippen LogP contribution in [0.2, 0.25) is 0 Å². The zero-order valence-electron chi connectivity index (χ0n) is 12.9. The maximum Gasteiger partial charge on any atom is 0.251 e. The van der Waals surface area contributed by atoms with Crippen molar-refractivity contribution in [2.24, 2.45) is 0 Å². The molecule has 0 bridgehead atoms. The van der Waals surface area contributed by atoms with Gasteiger partial charge < -0.3 is 10.6 Å². The first-order valence-corrected chi connectivity index (χ1v) is 7.68. The lowest BCUT2D eigenvalue weighted by Crippen LogP contribution is -2.32. The first-order chi connectivity index (χ1) is 9.67. The van der Waals surface area contributed by atoms with E-state index in [0.717, 1.165) is 31.6 Å². The SMILES string of the molecule is CCCCCC(C)NC(=O)c1ccnc(NCCC)c1. The average molecular weight is 277 g/mol. The van der Waals surface area contributed by atoms with Gasteiger partial charge in [0.1, 0.15) is 5.82 Å². The van der Waals surface area contributed by atoms with Crippen molar-refractivity contribution in [2.75, 3.05) is 11.9 Å². The molecule has 0 aliphatic carbocycles. The number of carbonyl (C=O) groups excluding carboxylic acids is 1. The molecule has 0 spiro atoms. The summed E-state index contributed by atoms with van der Waals surface area (Å²) in [6.07, 6.45) is 7.34. The highest BCUT2D eigenvalue weighted by atomic mass is 16.1. The van der Waals surface area contributed by atoms with Crippen molar-refractivity contribution >= 4 is 11.7 Å². The monoisotopic (exact) mass is 277 g/mol. The van der Waals surface area contributed by atoms with Crippen molar-refractivity contribution < 1.29 is 4.79 Å². The molecule has 0 saturated carbocycles. The minimum absolute atomic E-state index is 0.0176. The second kappa shape index (κ2) is 9.34. The van der Waals surface area contributed by atoms with E-state index in [1.807, 2.05) is 6.07 Å². The minimum Gasteiger partial charge on any atom is -0.370 e. The molecule has 0 radical (unpaired) electrons. The van der Waals surface area contributed by atoms with Crippen molar-refractivity contribution in [3.63, 3.8) is 0 Å². The first-order valence-electron chi connectivity index (χ1n) is 7.68. The van der Waals surface area contributed by atoms with Crippen LogP contribution in [0.4, 0.5) is 5.82 Å². The minimum atomic E-state index is -0.0176. The summed E-state index contributed by atoms with van der Waals surface area (Å²) in [6.45, 7) is 7.21. The smallest absolute Gasteiger partial charge is 0.251 e. The molecule has 1 rings (SSSR count). The number of rotatable bonds is 9. The van der Waals surface area contributed by atoms with Crippen molar-refractivity contribution in [1.29, 1.82) is 0 Å². The van der Waals surface area contributed by atoms with Gasteiger partial charge in [-0.1, -0.05) is 33.1 Å². The van der Waals surface area contributed by atoms with Crippen LogP contribution in [-0.2, 0) is 0 Å². The lowest BCUT2D eigenvalue weighted by molar-refractivity contribution is 0.0938. The van der Waals surface area contributed by atoms with E-state index in [9.17, 15) is 4.79 Å². The number of aromatic nitrogens is 1. The maximum atomic E-state index is 12.1. The summed E-state index contributed by atoms with van der Waals surface area (Å²) in [5.74, 6) is 0.745. The van der Waals surface area contributed by atoms with Crippen LogP contribution in [0.5, 0.6) is 0 Å². The van der Waals surface area contributed by atoms with Gasteiger partial charge in [-0.05, 0) is 31.9 Å². The molecule has 4 nitrogen and oxygen atoms in total. The van der Waals surface area contributed by atoms with E-state index in [2.05, 4.69) is 36.4 Å². The fourth-order valence-electron chi connectivity index (χ4n) is 2.00. The Morgan fingerprint density at radius 3 is 2.80 bits per heavy atom. The van der Waals surface area contributed by atoms with Gasteiger partial charge in [0.2, 0.25) is 0 Å². The van der Waals surface area contributed by atoms with Gasteiger partial charge in [-0.3, -0.25) is 4.79 Å². The van der Waals surface area contributed by atoms with Crippen molar-refractivity contribution in [1.82, 2.24) is 10.3 Å². The highest BCUT2D eigenvalue weighted by Crippen LogP contribution is 2.08. The number of carbonyl (C=O) groups is 1. The molecule has 1 unspecified atom stereocenters. The standard InChI is InChI=1S/C16H27N3O/c1-4-6-7-8-13(3)19-16(20)14-9-11-18-15(12-14)17-10-5-2/h9,11-13H,4-8,10H2,1-3H3,(H,17,18)(H,19,20). The number of amides is 1. The summed E-state index contributed by atoms with van der Waals surface area (Å²) in [5, 5.41) is 6.24. The van der Waals surface area contributed by atoms with E-state index in [1.165, 1.54) is 12.8 Å². The Bertz CT molecular complexity index is 406. The van der Waals surface area contributed by atoms with Crippen LogP contribution in [0.25, 0.3) is 0 Å². The third kappa shape index (κ3) is 6.04. The lowest BCUT2D eigenvalue weighted by atomic mass is 10.1. The predicted octanol–water partition coefficient (Wildman–Crippen LogP) is 3.60. The molecule has 20 heavy (non-hydrogen) atoms. The molecule has 1 heterocycles. The molecule has 0 saturated heterocycles. The number of nitrogens with zero attached hydrogens (tertiary/aromatic N) is 1. The molecule has 1 aromatic heterocycles. The molecule has 1 amide bonds. The Kier molecular flexibility index (Phi) is 7.70. The van der Waals surface area contributed by atoms with Crippen LogP contribution in [0.1, 0.15) is 63.2 Å². The Morgan fingerprint density at radius 2 is 2.10 bits per heavy atom. The van der Waals surface area contributed by atoms with Gasteiger partial charge in [0, 0.05) is 24.3 Å². The highest BCUT2D eigenvalue weighted by Gasteiger charge is 2.10. The molecule has 1 atom stereocenters. The van der Waals surface area contributed by atoms with Crippen molar-refractivity contribution in [3.8, 4) is 0 Å². The molecule has 2 N–H and O–H groups in total. The van der Waals surface area contributed by atoms with E-state index in [1.54, 1.807) is 12.3 Å². The number of unbranched alkanes of at least 4 members (excludes halogenated alkanes) is 2. The number of pyridine rings is 1. The van der Waals surface area contributed by atoms with Crippen LogP contribution in [0.15, 0.2) is 18.3 Å². The molecular weight excluding hydrogens is 250 g/mol. The maximum absolute atomic E-state index is 12.1. The summed E-state index contributed by atoms with van der Waals surface area (Å²) in [4.78, 5) is 16.4. The van der Waals surface area contributed by atoms with Crippen LogP contribution in [-0.4, -0.2) is 23.5 Å². The van der Waals surface area contributed by atoms with E-state index < -0.39 is 0 Å². The van der Waals surface area contributed by atoms with E-state index in [-0.39, 0.29) is 11.9 Å². The van der Waals surface area contributed by atoms with Crippen molar-refractivity contribution in [2.45, 2.75) is 58.9 Å². The quantitative estimate of drug-likeness (QED) is 0.678. The predicted molar refractivity (Wildman–Crippen MR) is 84.1 cm³/mol. The number of hydrogen-bond donors (Lipinski definition) is 2. The van der Waals surface area contributed by atoms with Gasteiger partial charge in [-0.25, -0.2) is 4.98 Å². The zero-order valence-corrected chi connectivity index (χ0v) is 12.9. The summed E-state index contributed by atoms with van der Waals surface area (Å²) in [6, 6.07) is 3.78. The Morgan fingerprint density at radius 1 is 1.30 bits per heavy atom. The number of nitrogens with one attached hydrogen (secondary N) is 2. The van der Waals surface area contributed by atoms with Crippen molar-refractivity contribution in [3.05, 3.63) is 23.9 Å². The van der Waals surface area contributed by atoms with Crippen LogP contribution in [0, 0.1) is 0 Å². The molecule has 0 aliphatic rings. The van der Waals surface area contributed by atoms with Gasteiger partial charge in [0.15, 0.2) is 0 Å².